The summed E-state index contributed by atoms with van der Waals surface area (Å²) in [6, 6.07) is 3.11. The van der Waals surface area contributed by atoms with E-state index in [9.17, 15) is 24.3 Å². The van der Waals surface area contributed by atoms with Gasteiger partial charge in [-0.05, 0) is 44.2 Å². The van der Waals surface area contributed by atoms with Gasteiger partial charge in [-0.1, -0.05) is 25.0 Å². The van der Waals surface area contributed by atoms with Gasteiger partial charge in [0.15, 0.2) is 0 Å². The van der Waals surface area contributed by atoms with Gasteiger partial charge < -0.3 is 10.4 Å². The summed E-state index contributed by atoms with van der Waals surface area (Å²) in [5.41, 5.74) is 1.98. The Hall–Kier alpha value is -2.74. The van der Waals surface area contributed by atoms with Gasteiger partial charge in [0.25, 0.3) is 0 Å². The third-order valence-corrected chi connectivity index (χ3v) is 7.81. The van der Waals surface area contributed by atoms with E-state index in [0.29, 0.717) is 11.3 Å². The Bertz CT molecular complexity index is 1010. The van der Waals surface area contributed by atoms with Crippen LogP contribution in [0.4, 0.5) is 5.69 Å². The number of likely N-dealkylation sites (tertiary alicyclic amines) is 1. The number of rotatable bonds is 4. The zero-order chi connectivity index (χ0) is 22.1. The largest absolute Gasteiger partial charge is 0.481 e. The zero-order valence-corrected chi connectivity index (χ0v) is 17.7. The smallest absolute Gasteiger partial charge is 0.303 e. The third kappa shape index (κ3) is 2.63. The van der Waals surface area contributed by atoms with Gasteiger partial charge in [-0.15, -0.1) is 0 Å². The number of carbonyl (C=O) groups is 4. The van der Waals surface area contributed by atoms with Crippen molar-refractivity contribution in [2.24, 2.45) is 11.8 Å². The molecule has 0 unspecified atom stereocenters. The van der Waals surface area contributed by atoms with Crippen LogP contribution in [-0.4, -0.2) is 45.8 Å². The molecule has 164 valence electrons. The Labute approximate surface area is 180 Å². The van der Waals surface area contributed by atoms with E-state index in [-0.39, 0.29) is 36.6 Å². The molecule has 3 aliphatic heterocycles. The Morgan fingerprint density at radius 1 is 1.16 bits per heavy atom. The molecular formula is C23H27N3O5. The second-order valence-electron chi connectivity index (χ2n) is 9.36. The first-order valence-electron chi connectivity index (χ1n) is 11.1. The molecule has 1 aliphatic carbocycles. The number of nitrogens with zero attached hydrogens (tertiary/aromatic N) is 1. The number of carboxylic acids is 1. The average molecular weight is 425 g/mol. The van der Waals surface area contributed by atoms with Crippen molar-refractivity contribution in [1.82, 2.24) is 10.2 Å². The number of aliphatic carboxylic acids is 1. The molecule has 4 atom stereocenters. The van der Waals surface area contributed by atoms with Crippen molar-refractivity contribution in [2.75, 3.05) is 5.32 Å². The van der Waals surface area contributed by atoms with Crippen LogP contribution in [0, 0.1) is 25.7 Å². The molecule has 31 heavy (non-hydrogen) atoms. The van der Waals surface area contributed by atoms with Crippen LogP contribution in [0.15, 0.2) is 12.1 Å². The molecule has 3 heterocycles. The number of benzene rings is 1. The molecule has 8 nitrogen and oxygen atoms in total. The van der Waals surface area contributed by atoms with Crippen LogP contribution in [0.5, 0.6) is 0 Å². The first-order chi connectivity index (χ1) is 14.8. The van der Waals surface area contributed by atoms with E-state index >= 15 is 0 Å². The van der Waals surface area contributed by atoms with Crippen molar-refractivity contribution in [3.63, 3.8) is 0 Å². The van der Waals surface area contributed by atoms with Crippen LogP contribution in [0.1, 0.15) is 55.2 Å². The maximum atomic E-state index is 13.7. The molecule has 1 aromatic rings. The topological polar surface area (TPSA) is 116 Å². The van der Waals surface area contributed by atoms with Gasteiger partial charge in [0.1, 0.15) is 5.54 Å². The number of fused-ring (bicyclic) bond motifs is 4. The minimum atomic E-state index is -1.35. The van der Waals surface area contributed by atoms with Crippen LogP contribution >= 0.6 is 0 Å². The molecule has 5 rings (SSSR count). The van der Waals surface area contributed by atoms with Crippen LogP contribution in [0.25, 0.3) is 0 Å². The number of anilines is 1. The monoisotopic (exact) mass is 425 g/mol. The van der Waals surface area contributed by atoms with Gasteiger partial charge in [-0.2, -0.15) is 0 Å². The zero-order valence-electron chi connectivity index (χ0n) is 17.7. The van der Waals surface area contributed by atoms with E-state index in [0.717, 1.165) is 36.8 Å². The molecule has 3 fully saturated rings. The molecular weight excluding hydrogens is 398 g/mol. The maximum absolute atomic E-state index is 13.7. The van der Waals surface area contributed by atoms with Gasteiger partial charge in [0.2, 0.25) is 17.7 Å². The van der Waals surface area contributed by atoms with Crippen molar-refractivity contribution < 1.29 is 24.3 Å². The van der Waals surface area contributed by atoms with E-state index in [1.165, 1.54) is 4.90 Å². The van der Waals surface area contributed by atoms with E-state index in [2.05, 4.69) is 10.6 Å². The van der Waals surface area contributed by atoms with Crippen molar-refractivity contribution in [2.45, 2.75) is 70.0 Å². The normalized spacial score (nSPS) is 32.1. The van der Waals surface area contributed by atoms with Crippen molar-refractivity contribution >= 4 is 29.4 Å². The quantitative estimate of drug-likeness (QED) is 0.634. The summed E-state index contributed by atoms with van der Waals surface area (Å²) in [6.07, 6.45) is 3.58. The van der Waals surface area contributed by atoms with Crippen molar-refractivity contribution in [3.8, 4) is 0 Å². The summed E-state index contributed by atoms with van der Waals surface area (Å²) in [6.45, 7) is 3.88. The minimum Gasteiger partial charge on any atom is -0.481 e. The summed E-state index contributed by atoms with van der Waals surface area (Å²) < 4.78 is 0. The number of carbonyl (C=O) groups excluding carboxylic acids is 3. The molecule has 0 aromatic heterocycles. The summed E-state index contributed by atoms with van der Waals surface area (Å²) in [5.74, 6) is -3.45. The number of amides is 3. The summed E-state index contributed by atoms with van der Waals surface area (Å²) >= 11 is 0. The minimum absolute atomic E-state index is 0.119. The number of imide groups is 1. The molecule has 1 spiro atoms. The fourth-order valence-electron chi connectivity index (χ4n) is 6.19. The molecule has 0 bridgehead atoms. The number of hydrogen-bond acceptors (Lipinski definition) is 5. The lowest BCUT2D eigenvalue weighted by atomic mass is 9.76. The van der Waals surface area contributed by atoms with Crippen molar-refractivity contribution in [3.05, 3.63) is 28.8 Å². The summed E-state index contributed by atoms with van der Waals surface area (Å²) in [4.78, 5) is 53.3. The van der Waals surface area contributed by atoms with E-state index in [1.807, 2.05) is 26.0 Å². The van der Waals surface area contributed by atoms with Crippen molar-refractivity contribution in [1.29, 1.82) is 0 Å². The molecule has 3 amide bonds. The standard InChI is InChI=1S/C23H27N3O5/c1-11-7-8-14-19(12(11)2)24-22(31)23(14)18-17(15(25-23)9-10-16(27)28)20(29)26(21(18)30)13-5-3-4-6-13/h7-8,13,15,17-18,25H,3-6,9-10H2,1-2H3,(H,24,31)(H,27,28)/t15-,17-,18-,23-/m1/s1. The molecule has 8 heteroatoms. The number of carboxylic acid groups (broad SMARTS) is 1. The lowest BCUT2D eigenvalue weighted by molar-refractivity contribution is -0.145. The maximum Gasteiger partial charge on any atom is 0.303 e. The van der Waals surface area contributed by atoms with Crippen LogP contribution < -0.4 is 10.6 Å². The summed E-state index contributed by atoms with van der Waals surface area (Å²) in [5, 5.41) is 15.5. The fourth-order valence-corrected chi connectivity index (χ4v) is 6.19. The lowest BCUT2D eigenvalue weighted by Gasteiger charge is -2.31. The molecule has 1 saturated carbocycles. The second kappa shape index (κ2) is 6.88. The van der Waals surface area contributed by atoms with E-state index in [4.69, 9.17) is 0 Å². The van der Waals surface area contributed by atoms with Crippen LogP contribution in [0.3, 0.4) is 0 Å². The highest BCUT2D eigenvalue weighted by molar-refractivity contribution is 6.15. The van der Waals surface area contributed by atoms with Gasteiger partial charge in [0.05, 0.1) is 11.8 Å². The van der Waals surface area contributed by atoms with Crippen LogP contribution in [-0.2, 0) is 24.7 Å². The molecule has 0 radical (unpaired) electrons. The van der Waals surface area contributed by atoms with Gasteiger partial charge in [-0.3, -0.25) is 29.4 Å². The Kier molecular flexibility index (Phi) is 4.48. The number of nitrogens with one attached hydrogen (secondary N) is 2. The Morgan fingerprint density at radius 3 is 2.55 bits per heavy atom. The molecule has 3 N–H and O–H groups in total. The predicted octanol–water partition coefficient (Wildman–Crippen LogP) is 1.83. The second-order valence-corrected chi connectivity index (χ2v) is 9.36. The van der Waals surface area contributed by atoms with Gasteiger partial charge in [-0.25, -0.2) is 0 Å². The highest BCUT2D eigenvalue weighted by Crippen LogP contribution is 2.55. The highest BCUT2D eigenvalue weighted by Gasteiger charge is 2.71. The van der Waals surface area contributed by atoms with E-state index < -0.39 is 29.4 Å². The predicted molar refractivity (Wildman–Crippen MR) is 111 cm³/mol. The first-order valence-corrected chi connectivity index (χ1v) is 11.1. The van der Waals surface area contributed by atoms with Gasteiger partial charge in [0, 0.05) is 29.8 Å². The summed E-state index contributed by atoms with van der Waals surface area (Å²) in [7, 11) is 0. The highest BCUT2D eigenvalue weighted by atomic mass is 16.4. The molecule has 1 aromatic carbocycles. The van der Waals surface area contributed by atoms with E-state index in [1.54, 1.807) is 0 Å². The SMILES string of the molecule is Cc1ccc2c(c1C)NC(=O)[C@@]21N[C@H](CCC(=O)O)[C@H]2C(=O)N(C3CCCC3)C(=O)[C@@H]21. The average Bonchev–Trinajstić information content (AvgIpc) is 3.46. The van der Waals surface area contributed by atoms with Crippen LogP contribution in [0.2, 0.25) is 0 Å². The number of hydrogen-bond donors (Lipinski definition) is 3. The van der Waals surface area contributed by atoms with Gasteiger partial charge >= 0.3 is 5.97 Å². The molecule has 4 aliphatic rings. The Morgan fingerprint density at radius 2 is 1.87 bits per heavy atom. The number of aryl methyl sites for hydroxylation is 1. The molecule has 2 saturated heterocycles. The first kappa shape index (κ1) is 20.2. The Balaban J connectivity index is 1.63. The lowest BCUT2D eigenvalue weighted by Crippen LogP contribution is -2.54. The fraction of sp³-hybridized carbons (Fsp3) is 0.565. The third-order valence-electron chi connectivity index (χ3n) is 7.81.